The number of carbonyl (C=O) groups is 1. The minimum atomic E-state index is -1.17. The van der Waals surface area contributed by atoms with E-state index in [4.69, 9.17) is 14.2 Å². The fourth-order valence-electron chi connectivity index (χ4n) is 3.26. The Bertz CT molecular complexity index is 937. The summed E-state index contributed by atoms with van der Waals surface area (Å²) in [5, 5.41) is 0. The van der Waals surface area contributed by atoms with Crippen molar-refractivity contribution in [3.05, 3.63) is 95.6 Å². The summed E-state index contributed by atoms with van der Waals surface area (Å²) in [6.07, 6.45) is 0.114. The van der Waals surface area contributed by atoms with Crippen LogP contribution in [0.25, 0.3) is 0 Å². The largest absolute Gasteiger partial charge is 0.497 e. The van der Waals surface area contributed by atoms with Gasteiger partial charge in [0, 0.05) is 11.6 Å². The Labute approximate surface area is 158 Å². The summed E-state index contributed by atoms with van der Waals surface area (Å²) >= 11 is 0. The molecule has 0 bridgehead atoms. The van der Waals surface area contributed by atoms with Crippen LogP contribution in [0.2, 0.25) is 0 Å². The molecule has 0 radical (unpaired) electrons. The molecule has 1 unspecified atom stereocenters. The molecule has 0 spiro atoms. The molecule has 0 amide bonds. The molecule has 4 nitrogen and oxygen atoms in total. The van der Waals surface area contributed by atoms with Crippen LogP contribution in [0, 0.1) is 0 Å². The second-order valence-corrected chi connectivity index (χ2v) is 6.46. The van der Waals surface area contributed by atoms with Crippen molar-refractivity contribution < 1.29 is 19.0 Å². The van der Waals surface area contributed by atoms with Crippen LogP contribution in [0.1, 0.15) is 27.9 Å². The molecule has 0 saturated heterocycles. The van der Waals surface area contributed by atoms with E-state index >= 15 is 0 Å². The lowest BCUT2D eigenvalue weighted by molar-refractivity contribution is -0.201. The number of fused-ring (bicyclic) bond motifs is 1. The summed E-state index contributed by atoms with van der Waals surface area (Å²) in [6, 6.07) is 24.7. The molecule has 0 saturated carbocycles. The first-order chi connectivity index (χ1) is 13.2. The van der Waals surface area contributed by atoms with Crippen LogP contribution in [-0.4, -0.2) is 12.9 Å². The van der Waals surface area contributed by atoms with E-state index in [1.807, 2.05) is 60.7 Å². The number of carbonyl (C=O) groups excluding carboxylic acids is 1. The van der Waals surface area contributed by atoms with Gasteiger partial charge in [-0.15, -0.1) is 0 Å². The molecule has 1 heterocycles. The molecule has 136 valence electrons. The topological polar surface area (TPSA) is 44.8 Å². The molecule has 27 heavy (non-hydrogen) atoms. The highest BCUT2D eigenvalue weighted by Gasteiger charge is 2.43. The first-order valence-electron chi connectivity index (χ1n) is 8.84. The van der Waals surface area contributed by atoms with E-state index in [-0.39, 0.29) is 12.2 Å². The summed E-state index contributed by atoms with van der Waals surface area (Å²) in [5.74, 6) is -0.0834. The number of hydrogen-bond acceptors (Lipinski definition) is 4. The second kappa shape index (κ2) is 7.25. The van der Waals surface area contributed by atoms with Crippen molar-refractivity contribution in [3.8, 4) is 11.5 Å². The molecule has 0 aromatic heterocycles. The van der Waals surface area contributed by atoms with Crippen LogP contribution >= 0.6 is 0 Å². The Morgan fingerprint density at radius 2 is 1.67 bits per heavy atom. The van der Waals surface area contributed by atoms with E-state index in [1.165, 1.54) is 0 Å². The Morgan fingerprint density at radius 1 is 0.963 bits per heavy atom. The summed E-state index contributed by atoms with van der Waals surface area (Å²) in [7, 11) is 1.59. The average Bonchev–Trinajstić information content (AvgIpc) is 2.73. The Balaban J connectivity index is 1.73. The highest BCUT2D eigenvalue weighted by Crippen LogP contribution is 2.42. The maximum atomic E-state index is 12.9. The predicted molar refractivity (Wildman–Crippen MR) is 102 cm³/mol. The Kier molecular flexibility index (Phi) is 4.65. The van der Waals surface area contributed by atoms with Crippen LogP contribution in [0.3, 0.4) is 0 Å². The number of Topliss-reactive ketones (excluding diaryl/α,β-unsaturated/α-hetero) is 1. The minimum Gasteiger partial charge on any atom is -0.497 e. The zero-order valence-electron chi connectivity index (χ0n) is 15.1. The standard InChI is InChI=1S/C23H20O4/c1-25-19-12-13-20-21(24)15-23(27-22(20)14-19,18-10-6-3-7-11-18)26-16-17-8-4-2-5-9-17/h2-14H,15-16H2,1H3. The van der Waals surface area contributed by atoms with Crippen LogP contribution in [0.4, 0.5) is 0 Å². The monoisotopic (exact) mass is 360 g/mol. The van der Waals surface area contributed by atoms with Gasteiger partial charge in [-0.1, -0.05) is 60.7 Å². The van der Waals surface area contributed by atoms with Crippen molar-refractivity contribution in [1.82, 2.24) is 0 Å². The molecule has 3 aromatic carbocycles. The van der Waals surface area contributed by atoms with Crippen molar-refractivity contribution in [1.29, 1.82) is 0 Å². The number of rotatable bonds is 5. The summed E-state index contributed by atoms with van der Waals surface area (Å²) in [4.78, 5) is 12.9. The summed E-state index contributed by atoms with van der Waals surface area (Å²) in [5.41, 5.74) is 2.37. The summed E-state index contributed by atoms with van der Waals surface area (Å²) in [6.45, 7) is 0.336. The van der Waals surface area contributed by atoms with E-state index < -0.39 is 5.79 Å². The van der Waals surface area contributed by atoms with Gasteiger partial charge >= 0.3 is 0 Å². The van der Waals surface area contributed by atoms with Crippen LogP contribution in [0.15, 0.2) is 78.9 Å². The van der Waals surface area contributed by atoms with Gasteiger partial charge < -0.3 is 14.2 Å². The molecule has 4 rings (SSSR count). The zero-order valence-corrected chi connectivity index (χ0v) is 15.1. The highest BCUT2D eigenvalue weighted by molar-refractivity contribution is 6.00. The molecular weight excluding hydrogens is 340 g/mol. The molecule has 1 aliphatic heterocycles. The molecule has 3 aromatic rings. The zero-order chi connectivity index (χ0) is 18.7. The third kappa shape index (κ3) is 3.44. The second-order valence-electron chi connectivity index (χ2n) is 6.46. The van der Waals surface area contributed by atoms with Crippen molar-refractivity contribution in [3.63, 3.8) is 0 Å². The quantitative estimate of drug-likeness (QED) is 0.660. The van der Waals surface area contributed by atoms with Gasteiger partial charge in [0.25, 0.3) is 0 Å². The Hall–Kier alpha value is -3.11. The van der Waals surface area contributed by atoms with E-state index in [2.05, 4.69) is 0 Å². The normalized spacial score (nSPS) is 18.5. The highest BCUT2D eigenvalue weighted by atomic mass is 16.7. The van der Waals surface area contributed by atoms with Crippen molar-refractivity contribution >= 4 is 5.78 Å². The lowest BCUT2D eigenvalue weighted by Gasteiger charge is -2.38. The first kappa shape index (κ1) is 17.3. The van der Waals surface area contributed by atoms with Crippen LogP contribution in [-0.2, 0) is 17.1 Å². The van der Waals surface area contributed by atoms with Crippen molar-refractivity contribution in [2.75, 3.05) is 7.11 Å². The number of ketones is 1. The van der Waals surface area contributed by atoms with E-state index in [0.29, 0.717) is 23.7 Å². The minimum absolute atomic E-state index is 0.0178. The third-order valence-electron chi connectivity index (χ3n) is 4.69. The van der Waals surface area contributed by atoms with Gasteiger partial charge in [0.2, 0.25) is 5.79 Å². The SMILES string of the molecule is COc1ccc2c(c1)OC(OCc1ccccc1)(c1ccccc1)CC2=O. The van der Waals surface area contributed by atoms with Crippen molar-refractivity contribution in [2.45, 2.75) is 18.8 Å². The van der Waals surface area contributed by atoms with Crippen LogP contribution in [0.5, 0.6) is 11.5 Å². The molecule has 0 aliphatic carbocycles. The molecule has 0 fully saturated rings. The van der Waals surface area contributed by atoms with Gasteiger partial charge in [-0.3, -0.25) is 4.79 Å². The molecule has 4 heteroatoms. The van der Waals surface area contributed by atoms with E-state index in [1.54, 1.807) is 25.3 Å². The number of benzene rings is 3. The first-order valence-corrected chi connectivity index (χ1v) is 8.84. The summed E-state index contributed by atoms with van der Waals surface area (Å²) < 4.78 is 17.9. The number of methoxy groups -OCH3 is 1. The number of ether oxygens (including phenoxy) is 3. The van der Waals surface area contributed by atoms with Gasteiger partial charge in [0.1, 0.15) is 11.5 Å². The average molecular weight is 360 g/mol. The lowest BCUT2D eigenvalue weighted by atomic mass is 9.93. The fourth-order valence-corrected chi connectivity index (χ4v) is 3.26. The lowest BCUT2D eigenvalue weighted by Crippen LogP contribution is -2.42. The van der Waals surface area contributed by atoms with Gasteiger partial charge in [-0.2, -0.15) is 0 Å². The molecule has 0 N–H and O–H groups in total. The molecular formula is C23H20O4. The smallest absolute Gasteiger partial charge is 0.245 e. The molecule has 1 atom stereocenters. The maximum absolute atomic E-state index is 12.9. The van der Waals surface area contributed by atoms with Gasteiger partial charge in [-0.05, 0) is 17.7 Å². The molecule has 1 aliphatic rings. The fraction of sp³-hybridized carbons (Fsp3) is 0.174. The van der Waals surface area contributed by atoms with E-state index in [9.17, 15) is 4.79 Å². The Morgan fingerprint density at radius 3 is 2.37 bits per heavy atom. The van der Waals surface area contributed by atoms with E-state index in [0.717, 1.165) is 11.1 Å². The van der Waals surface area contributed by atoms with Crippen molar-refractivity contribution in [2.24, 2.45) is 0 Å². The predicted octanol–water partition coefficient (Wildman–Crippen LogP) is 4.73. The maximum Gasteiger partial charge on any atom is 0.245 e. The van der Waals surface area contributed by atoms with Gasteiger partial charge in [0.15, 0.2) is 5.78 Å². The van der Waals surface area contributed by atoms with Gasteiger partial charge in [-0.25, -0.2) is 0 Å². The third-order valence-corrected chi connectivity index (χ3v) is 4.69. The van der Waals surface area contributed by atoms with Gasteiger partial charge in [0.05, 0.1) is 25.7 Å². The number of hydrogen-bond donors (Lipinski definition) is 0. The van der Waals surface area contributed by atoms with Crippen LogP contribution < -0.4 is 9.47 Å².